The molecular weight excluding hydrogens is 1030 g/mol. The molecule has 15 nitrogen and oxygen atoms in total. The van der Waals surface area contributed by atoms with E-state index in [9.17, 15) is 31.5 Å². The van der Waals surface area contributed by atoms with Gasteiger partial charge in [0.2, 0.25) is 22.3 Å². The molecule has 8 rings (SSSR count). The van der Waals surface area contributed by atoms with Gasteiger partial charge in [-0.1, -0.05) is 0 Å². The van der Waals surface area contributed by atoms with E-state index in [-0.39, 0.29) is 57.6 Å². The normalized spacial score (nSPS) is 9.87. The van der Waals surface area contributed by atoms with Crippen LogP contribution in [0.5, 0.6) is 0 Å². The van der Waals surface area contributed by atoms with Crippen LogP contribution < -0.4 is 5.73 Å². The van der Waals surface area contributed by atoms with Crippen LogP contribution >= 0.6 is 23.2 Å². The molecule has 22 heteroatoms. The van der Waals surface area contributed by atoms with Crippen LogP contribution in [-0.2, 0) is 0 Å². The highest BCUT2D eigenvalue weighted by atomic mass is 35.5. The van der Waals surface area contributed by atoms with Gasteiger partial charge in [0.15, 0.2) is 5.78 Å². The maximum atomic E-state index is 12.7. The molecule has 0 aliphatic heterocycles. The average molecular weight is 1060 g/mol. The first-order chi connectivity index (χ1) is 36.4. The Balaban J connectivity index is 0.000000206. The van der Waals surface area contributed by atoms with Crippen molar-refractivity contribution in [2.24, 2.45) is 0 Å². The fraction of sp³-hybridized carbons (Fsp3) is 0.0556. The second kappa shape index (κ2) is 29.3. The van der Waals surface area contributed by atoms with Gasteiger partial charge in [0, 0.05) is 48.1 Å². The van der Waals surface area contributed by atoms with E-state index in [4.69, 9.17) is 55.2 Å². The van der Waals surface area contributed by atoms with Gasteiger partial charge in [-0.05, 0) is 145 Å². The second-order valence-corrected chi connectivity index (χ2v) is 15.5. The minimum absolute atomic E-state index is 0.0246. The molecule has 76 heavy (non-hydrogen) atoms. The van der Waals surface area contributed by atoms with Gasteiger partial charge in [0.05, 0.1) is 64.9 Å². The fourth-order valence-electron chi connectivity index (χ4n) is 5.81. The van der Waals surface area contributed by atoms with E-state index < -0.39 is 11.6 Å². The Morgan fingerprint density at radius 2 is 0.855 bits per heavy atom. The van der Waals surface area contributed by atoms with Gasteiger partial charge < -0.3 is 10.6 Å². The molecule has 0 spiro atoms. The van der Waals surface area contributed by atoms with E-state index in [0.29, 0.717) is 61.6 Å². The summed E-state index contributed by atoms with van der Waals surface area (Å²) in [5.74, 6) is -2.43. The van der Waals surface area contributed by atoms with E-state index in [2.05, 4.69) is 29.9 Å². The summed E-state index contributed by atoms with van der Waals surface area (Å²) in [6, 6.07) is 36.7. The minimum Gasteiger partial charge on any atom is -0.382 e. The lowest BCUT2D eigenvalue weighted by atomic mass is 10.1. The maximum absolute atomic E-state index is 12.7. The molecule has 5 aromatic carbocycles. The van der Waals surface area contributed by atoms with Crippen molar-refractivity contribution in [1.29, 1.82) is 26.3 Å². The van der Waals surface area contributed by atoms with Crippen LogP contribution in [0.1, 0.15) is 43.8 Å². The third-order valence-electron chi connectivity index (χ3n) is 9.31. The molecule has 0 bridgehead atoms. The number of nitriles is 5. The summed E-state index contributed by atoms with van der Waals surface area (Å²) in [5, 5.41) is 43.8. The summed E-state index contributed by atoms with van der Waals surface area (Å²) in [4.78, 5) is 47.4. The lowest BCUT2D eigenvalue weighted by Crippen LogP contribution is -2.08. The molecular formula is C54H34Cl2F5N13O2. The molecule has 0 aliphatic carbocycles. The Morgan fingerprint density at radius 3 is 1.18 bits per heavy atom. The van der Waals surface area contributed by atoms with Gasteiger partial charge in [-0.15, -0.1) is 0 Å². The van der Waals surface area contributed by atoms with Crippen LogP contribution in [0, 0.1) is 85.7 Å². The van der Waals surface area contributed by atoms with E-state index in [1.54, 1.807) is 25.1 Å². The molecule has 8 aromatic rings. The van der Waals surface area contributed by atoms with Gasteiger partial charge in [0.25, 0.3) is 0 Å². The summed E-state index contributed by atoms with van der Waals surface area (Å²) in [5.41, 5.74) is 10.2. The molecule has 0 aliphatic rings. The zero-order valence-electron chi connectivity index (χ0n) is 39.5. The molecule has 0 unspecified atom stereocenters. The number of hydrogen-bond donors (Lipinski definition) is 1. The topological polar surface area (TPSA) is 260 Å². The maximum Gasteiger partial charge on any atom is 0.222 e. The number of hydrogen-bond acceptors (Lipinski definition) is 15. The van der Waals surface area contributed by atoms with Crippen LogP contribution in [0.15, 0.2) is 152 Å². The van der Waals surface area contributed by atoms with Crippen molar-refractivity contribution in [3.8, 4) is 64.1 Å². The van der Waals surface area contributed by atoms with E-state index >= 15 is 0 Å². The van der Waals surface area contributed by atoms with Gasteiger partial charge >= 0.3 is 0 Å². The first-order valence-corrected chi connectivity index (χ1v) is 22.1. The molecule has 0 saturated heterocycles. The third kappa shape index (κ3) is 18.1. The first kappa shape index (κ1) is 58.3. The Labute approximate surface area is 441 Å². The lowest BCUT2D eigenvalue weighted by molar-refractivity contribution is 0.0996. The zero-order chi connectivity index (χ0) is 55.7. The number of nitrogen functional groups attached to an aromatic ring is 1. The summed E-state index contributed by atoms with van der Waals surface area (Å²) in [6.07, 6.45) is 5.31. The molecule has 0 atom stereocenters. The molecule has 0 fully saturated rings. The van der Waals surface area contributed by atoms with E-state index in [1.165, 1.54) is 146 Å². The van der Waals surface area contributed by atoms with E-state index in [1.807, 2.05) is 24.3 Å². The number of rotatable bonds is 8. The van der Waals surface area contributed by atoms with Gasteiger partial charge in [0.1, 0.15) is 58.9 Å². The Kier molecular flexibility index (Phi) is 22.4. The number of allylic oxidation sites excluding steroid dienone is 1. The first-order valence-electron chi connectivity index (χ1n) is 21.3. The highest BCUT2D eigenvalue weighted by Crippen LogP contribution is 2.24. The predicted molar refractivity (Wildman–Crippen MR) is 270 cm³/mol. The van der Waals surface area contributed by atoms with Crippen LogP contribution in [-0.4, -0.2) is 60.5 Å². The molecule has 3 aromatic heterocycles. The Hall–Kier alpha value is -10.3. The minimum atomic E-state index is -0.411. The summed E-state index contributed by atoms with van der Waals surface area (Å²) >= 11 is 11.3. The van der Waals surface area contributed by atoms with Crippen LogP contribution in [0.2, 0.25) is 10.6 Å². The summed E-state index contributed by atoms with van der Waals surface area (Å²) in [7, 11) is 3.44. The number of ketones is 2. The van der Waals surface area contributed by atoms with Crippen molar-refractivity contribution in [3.63, 3.8) is 0 Å². The summed E-state index contributed by atoms with van der Waals surface area (Å²) in [6.45, 7) is 0. The third-order valence-corrected chi connectivity index (χ3v) is 9.67. The van der Waals surface area contributed by atoms with Gasteiger partial charge in [-0.2, -0.15) is 26.3 Å². The van der Waals surface area contributed by atoms with Crippen molar-refractivity contribution in [2.45, 2.75) is 6.42 Å². The van der Waals surface area contributed by atoms with Crippen molar-refractivity contribution >= 4 is 40.7 Å². The number of anilines is 1. The Morgan fingerprint density at radius 1 is 0.526 bits per heavy atom. The van der Waals surface area contributed by atoms with Crippen molar-refractivity contribution < 1.29 is 31.5 Å². The standard InChI is InChI=1S/C12H11FN2O.2C11H5ClFN3.C11H7FN4.C9H6FNO/c1-15(2)8-10(7-14)12(16)9-3-5-11(13)6-4-9;2*12-11-15-6-8(5-14)10(16-11)7-1-3-9(13)4-2-7;12-9-3-1-7(2-4-9)10-8(5-13)6-15-11(14)16-10;10-8-3-1-7(2-4-8)9(12)5-6-11/h3-6,8H,1-2H3;2*1-4,6H;1-4,6H,(H2,14,15,16);1-4H,5H2/b10-8+;;;;. The smallest absolute Gasteiger partial charge is 0.222 e. The van der Waals surface area contributed by atoms with Crippen LogP contribution in [0.3, 0.4) is 0 Å². The zero-order valence-corrected chi connectivity index (χ0v) is 41.0. The predicted octanol–water partition coefficient (Wildman–Crippen LogP) is 11.3. The molecule has 2 N–H and O–H groups in total. The number of Topliss-reactive ketones (excluding diaryl/α,β-unsaturated/α-hetero) is 2. The molecule has 0 saturated carbocycles. The number of halogens is 7. The average Bonchev–Trinajstić information content (AvgIpc) is 3.42. The SMILES string of the molecule is CN(C)/C=C(\C#N)C(=O)c1ccc(F)cc1.N#CCC(=O)c1ccc(F)cc1.N#Cc1cnc(Cl)nc1-c1ccc(F)cc1.N#Cc1cnc(Cl)nc1-c1ccc(F)cc1.N#Cc1cnc(N)nc1-c1ccc(F)cc1. The monoisotopic (exact) mass is 1060 g/mol. The highest BCUT2D eigenvalue weighted by molar-refractivity contribution is 6.28. The highest BCUT2D eigenvalue weighted by Gasteiger charge is 2.13. The van der Waals surface area contributed by atoms with Gasteiger partial charge in [-0.3, -0.25) is 9.59 Å². The number of nitrogens with zero attached hydrogens (tertiary/aromatic N) is 12. The van der Waals surface area contributed by atoms with Crippen molar-refractivity contribution in [2.75, 3.05) is 19.8 Å². The molecule has 0 radical (unpaired) electrons. The number of aromatic nitrogens is 6. The molecule has 376 valence electrons. The fourth-order valence-corrected chi connectivity index (χ4v) is 6.07. The summed E-state index contributed by atoms with van der Waals surface area (Å²) < 4.78 is 63.2. The van der Waals surface area contributed by atoms with Gasteiger partial charge in [-0.25, -0.2) is 51.9 Å². The van der Waals surface area contributed by atoms with Crippen LogP contribution in [0.4, 0.5) is 27.9 Å². The quantitative estimate of drug-likeness (QED) is 0.0488. The number of carbonyl (C=O) groups excluding carboxylic acids is 2. The number of carbonyl (C=O) groups is 2. The molecule has 3 heterocycles. The number of nitrogens with two attached hydrogens (primary N) is 1. The van der Waals surface area contributed by atoms with E-state index in [0.717, 1.165) is 0 Å². The number of benzene rings is 5. The lowest BCUT2D eigenvalue weighted by Gasteiger charge is -2.05. The van der Waals surface area contributed by atoms with Crippen LogP contribution in [0.25, 0.3) is 33.8 Å². The Bertz CT molecular complexity index is 3310. The largest absolute Gasteiger partial charge is 0.382 e. The van der Waals surface area contributed by atoms with Crippen molar-refractivity contribution in [1.82, 2.24) is 34.8 Å². The van der Waals surface area contributed by atoms with Crippen molar-refractivity contribution in [3.05, 3.63) is 219 Å². The molecule has 0 amide bonds. The second-order valence-electron chi connectivity index (χ2n) is 14.9.